The number of nitro groups is 1. The van der Waals surface area contributed by atoms with Crippen molar-refractivity contribution in [3.8, 4) is 0 Å². The molecule has 1 saturated heterocycles. The van der Waals surface area contributed by atoms with E-state index in [9.17, 15) is 14.9 Å². The van der Waals surface area contributed by atoms with Gasteiger partial charge in [-0.1, -0.05) is 6.07 Å². The van der Waals surface area contributed by atoms with Crippen LogP contribution in [0, 0.1) is 10.1 Å². The number of aromatic nitrogens is 1. The Hall–Kier alpha value is -3.00. The number of carbonyl (C=O) groups is 1. The molecular formula is C20H25N5O3. The average molecular weight is 383 g/mol. The SMILES string of the molecule is CC(Nc1ccc(C(=O)N2CCCCC2CN)cc1[N+](=O)[O-])c1ccccn1. The van der Waals surface area contributed by atoms with Gasteiger partial charge in [0.25, 0.3) is 11.6 Å². The molecule has 2 aromatic rings. The topological polar surface area (TPSA) is 114 Å². The number of likely N-dealkylation sites (tertiary alicyclic amines) is 1. The molecule has 1 aromatic carbocycles. The molecule has 1 aromatic heterocycles. The van der Waals surface area contributed by atoms with E-state index in [2.05, 4.69) is 10.3 Å². The highest BCUT2D eigenvalue weighted by Gasteiger charge is 2.28. The van der Waals surface area contributed by atoms with Crippen molar-refractivity contribution in [2.45, 2.75) is 38.3 Å². The molecule has 1 amide bonds. The van der Waals surface area contributed by atoms with E-state index in [1.165, 1.54) is 6.07 Å². The number of rotatable bonds is 6. The Bertz CT molecular complexity index is 843. The van der Waals surface area contributed by atoms with Gasteiger partial charge in [0.05, 0.1) is 16.7 Å². The van der Waals surface area contributed by atoms with Gasteiger partial charge in [-0.15, -0.1) is 0 Å². The van der Waals surface area contributed by atoms with Crippen LogP contribution in [-0.4, -0.2) is 39.8 Å². The Kier molecular flexibility index (Phi) is 6.20. The lowest BCUT2D eigenvalue weighted by Crippen LogP contribution is -2.47. The van der Waals surface area contributed by atoms with Crippen LogP contribution in [0.5, 0.6) is 0 Å². The van der Waals surface area contributed by atoms with Crippen LogP contribution in [0.1, 0.15) is 48.3 Å². The van der Waals surface area contributed by atoms with Gasteiger partial charge in [-0.05, 0) is 50.5 Å². The van der Waals surface area contributed by atoms with Crippen LogP contribution in [-0.2, 0) is 0 Å². The molecule has 3 rings (SSSR count). The molecule has 1 aliphatic rings. The normalized spacial score (nSPS) is 17.8. The molecular weight excluding hydrogens is 358 g/mol. The predicted octanol–water partition coefficient (Wildman–Crippen LogP) is 3.12. The second-order valence-corrected chi connectivity index (χ2v) is 6.99. The molecule has 2 heterocycles. The second-order valence-electron chi connectivity index (χ2n) is 6.99. The summed E-state index contributed by atoms with van der Waals surface area (Å²) in [7, 11) is 0. The fourth-order valence-corrected chi connectivity index (χ4v) is 3.56. The smallest absolute Gasteiger partial charge is 0.293 e. The lowest BCUT2D eigenvalue weighted by molar-refractivity contribution is -0.384. The third-order valence-corrected chi connectivity index (χ3v) is 5.10. The third kappa shape index (κ3) is 4.28. The van der Waals surface area contributed by atoms with Gasteiger partial charge < -0.3 is 16.0 Å². The number of nitrogens with zero attached hydrogens (tertiary/aromatic N) is 3. The maximum absolute atomic E-state index is 12.9. The van der Waals surface area contributed by atoms with Crippen LogP contribution in [0.4, 0.5) is 11.4 Å². The van der Waals surface area contributed by atoms with Gasteiger partial charge >= 0.3 is 0 Å². The fraction of sp³-hybridized carbons (Fsp3) is 0.400. The lowest BCUT2D eigenvalue weighted by atomic mass is 10.0. The van der Waals surface area contributed by atoms with Crippen molar-refractivity contribution in [3.63, 3.8) is 0 Å². The molecule has 148 valence electrons. The van der Waals surface area contributed by atoms with Crippen molar-refractivity contribution in [3.05, 3.63) is 64.0 Å². The van der Waals surface area contributed by atoms with E-state index in [1.54, 1.807) is 23.2 Å². The average Bonchev–Trinajstić information content (AvgIpc) is 2.73. The molecule has 0 spiro atoms. The van der Waals surface area contributed by atoms with Gasteiger partial charge in [0.1, 0.15) is 5.69 Å². The molecule has 2 atom stereocenters. The van der Waals surface area contributed by atoms with Crippen LogP contribution in [0.2, 0.25) is 0 Å². The highest BCUT2D eigenvalue weighted by atomic mass is 16.6. The first-order valence-electron chi connectivity index (χ1n) is 9.48. The Labute approximate surface area is 163 Å². The molecule has 0 bridgehead atoms. The van der Waals surface area contributed by atoms with Gasteiger partial charge in [0, 0.05) is 37.0 Å². The summed E-state index contributed by atoms with van der Waals surface area (Å²) in [5, 5.41) is 14.7. The molecule has 8 nitrogen and oxygen atoms in total. The van der Waals surface area contributed by atoms with Crippen LogP contribution in [0.25, 0.3) is 0 Å². The molecule has 1 fully saturated rings. The predicted molar refractivity (Wildman–Crippen MR) is 107 cm³/mol. The zero-order valence-electron chi connectivity index (χ0n) is 15.9. The van der Waals surface area contributed by atoms with Crippen LogP contribution in [0.3, 0.4) is 0 Å². The quantitative estimate of drug-likeness (QED) is 0.585. The fourth-order valence-electron chi connectivity index (χ4n) is 3.56. The highest BCUT2D eigenvalue weighted by Crippen LogP contribution is 2.30. The first kappa shape index (κ1) is 19.8. The van der Waals surface area contributed by atoms with Gasteiger partial charge in [-0.3, -0.25) is 19.9 Å². The monoisotopic (exact) mass is 383 g/mol. The van der Waals surface area contributed by atoms with E-state index in [4.69, 9.17) is 5.73 Å². The van der Waals surface area contributed by atoms with E-state index in [0.29, 0.717) is 24.3 Å². The lowest BCUT2D eigenvalue weighted by Gasteiger charge is -2.35. The standard InChI is InChI=1S/C20H25N5O3/c1-14(17-7-2-4-10-22-17)23-18-9-8-15(12-19(18)25(27)28)20(26)24-11-5-3-6-16(24)13-21/h2,4,7-10,12,14,16,23H,3,5-6,11,13,21H2,1H3. The number of nitro benzene ring substituents is 1. The van der Waals surface area contributed by atoms with Crippen LogP contribution in [0.15, 0.2) is 42.6 Å². The number of pyridine rings is 1. The Morgan fingerprint density at radius 1 is 1.39 bits per heavy atom. The summed E-state index contributed by atoms with van der Waals surface area (Å²) in [6.07, 6.45) is 4.51. The minimum absolute atomic E-state index is 0.0118. The molecule has 0 saturated carbocycles. The number of amides is 1. The first-order valence-corrected chi connectivity index (χ1v) is 9.48. The van der Waals surface area contributed by atoms with Gasteiger partial charge in [-0.2, -0.15) is 0 Å². The minimum atomic E-state index is -0.471. The summed E-state index contributed by atoms with van der Waals surface area (Å²) in [5.41, 5.74) is 7.11. The Morgan fingerprint density at radius 3 is 2.89 bits per heavy atom. The van der Waals surface area contributed by atoms with E-state index >= 15 is 0 Å². The van der Waals surface area contributed by atoms with Crippen LogP contribution >= 0.6 is 0 Å². The van der Waals surface area contributed by atoms with Gasteiger partial charge in [0.2, 0.25) is 0 Å². The number of hydrogen-bond acceptors (Lipinski definition) is 6. The summed E-state index contributed by atoms with van der Waals surface area (Å²) < 4.78 is 0. The highest BCUT2D eigenvalue weighted by molar-refractivity contribution is 5.96. The van der Waals surface area contributed by atoms with Crippen molar-refractivity contribution in [1.82, 2.24) is 9.88 Å². The van der Waals surface area contributed by atoms with Crippen molar-refractivity contribution >= 4 is 17.3 Å². The first-order chi connectivity index (χ1) is 13.5. The number of piperidine rings is 1. The van der Waals surface area contributed by atoms with E-state index in [1.807, 2.05) is 25.1 Å². The van der Waals surface area contributed by atoms with Crippen molar-refractivity contribution in [2.75, 3.05) is 18.4 Å². The molecule has 1 aliphatic heterocycles. The third-order valence-electron chi connectivity index (χ3n) is 5.10. The number of anilines is 1. The largest absolute Gasteiger partial charge is 0.371 e. The summed E-state index contributed by atoms with van der Waals surface area (Å²) in [5.74, 6) is -0.206. The summed E-state index contributed by atoms with van der Waals surface area (Å²) in [6.45, 7) is 2.91. The van der Waals surface area contributed by atoms with Gasteiger partial charge in [-0.25, -0.2) is 0 Å². The number of nitrogens with two attached hydrogens (primary N) is 1. The van der Waals surface area contributed by atoms with E-state index in [-0.39, 0.29) is 23.7 Å². The number of nitrogens with one attached hydrogen (secondary N) is 1. The molecule has 2 unspecified atom stereocenters. The summed E-state index contributed by atoms with van der Waals surface area (Å²) in [4.78, 5) is 30.1. The molecule has 3 N–H and O–H groups in total. The van der Waals surface area contributed by atoms with Gasteiger partial charge in [0.15, 0.2) is 0 Å². The number of hydrogen-bond donors (Lipinski definition) is 2. The van der Waals surface area contributed by atoms with Crippen molar-refractivity contribution < 1.29 is 9.72 Å². The maximum atomic E-state index is 12.9. The van der Waals surface area contributed by atoms with E-state index in [0.717, 1.165) is 25.0 Å². The van der Waals surface area contributed by atoms with Crippen molar-refractivity contribution in [2.24, 2.45) is 5.73 Å². The number of carbonyl (C=O) groups excluding carboxylic acids is 1. The Morgan fingerprint density at radius 2 is 2.21 bits per heavy atom. The molecule has 0 radical (unpaired) electrons. The maximum Gasteiger partial charge on any atom is 0.293 e. The van der Waals surface area contributed by atoms with Crippen LogP contribution < -0.4 is 11.1 Å². The van der Waals surface area contributed by atoms with E-state index < -0.39 is 4.92 Å². The molecule has 8 heteroatoms. The Balaban J connectivity index is 1.84. The minimum Gasteiger partial charge on any atom is -0.371 e. The zero-order valence-corrected chi connectivity index (χ0v) is 15.9. The second kappa shape index (κ2) is 8.79. The van der Waals surface area contributed by atoms with Crippen molar-refractivity contribution in [1.29, 1.82) is 0 Å². The summed E-state index contributed by atoms with van der Waals surface area (Å²) >= 11 is 0. The molecule has 28 heavy (non-hydrogen) atoms. The zero-order chi connectivity index (χ0) is 20.1. The molecule has 0 aliphatic carbocycles. The summed E-state index contributed by atoms with van der Waals surface area (Å²) in [6, 6.07) is 9.87. The number of benzene rings is 1.